The molecule has 0 spiro atoms. The van der Waals surface area contributed by atoms with Crippen LogP contribution in [0.5, 0.6) is 0 Å². The van der Waals surface area contributed by atoms with Crippen molar-refractivity contribution < 1.29 is 22.7 Å². The summed E-state index contributed by atoms with van der Waals surface area (Å²) in [5.74, 6) is -2.87. The molecule has 1 aromatic carbocycles. The van der Waals surface area contributed by atoms with Crippen LogP contribution in [-0.2, 0) is 10.0 Å². The fraction of sp³-hybridized carbons (Fsp3) is 0.462. The molecule has 0 radical (unpaired) electrons. The van der Waals surface area contributed by atoms with Crippen molar-refractivity contribution in [3.63, 3.8) is 0 Å². The van der Waals surface area contributed by atoms with Crippen LogP contribution >= 0.6 is 11.6 Å². The number of halogens is 2. The number of benzene rings is 1. The van der Waals surface area contributed by atoms with Crippen LogP contribution in [-0.4, -0.2) is 36.4 Å². The zero-order chi connectivity index (χ0) is 16.4. The summed E-state index contributed by atoms with van der Waals surface area (Å²) in [6.45, 7) is 5.28. The molecular formula is C13H17ClFNO4S. The number of carbonyl (C=O) groups is 1. The Labute approximate surface area is 128 Å². The first-order valence-electron chi connectivity index (χ1n) is 6.40. The fourth-order valence-corrected chi connectivity index (χ4v) is 4.07. The predicted octanol–water partition coefficient (Wildman–Crippen LogP) is 2.99. The van der Waals surface area contributed by atoms with Crippen LogP contribution in [0.1, 0.15) is 37.6 Å². The van der Waals surface area contributed by atoms with Gasteiger partial charge >= 0.3 is 5.97 Å². The minimum Gasteiger partial charge on any atom is -0.478 e. The molecule has 0 aliphatic carbocycles. The first kappa shape index (κ1) is 17.9. The van der Waals surface area contributed by atoms with Gasteiger partial charge in [-0.15, -0.1) is 0 Å². The topological polar surface area (TPSA) is 74.7 Å². The molecule has 0 fully saturated rings. The van der Waals surface area contributed by atoms with E-state index in [4.69, 9.17) is 16.7 Å². The number of nitrogens with zero attached hydrogens (tertiary/aromatic N) is 1. The number of hydrogen-bond acceptors (Lipinski definition) is 3. The first-order chi connectivity index (χ1) is 9.66. The number of carboxylic acid groups (broad SMARTS) is 1. The van der Waals surface area contributed by atoms with Gasteiger partial charge in [0.05, 0.1) is 5.56 Å². The third-order valence-corrected chi connectivity index (χ3v) is 5.52. The number of sulfonamides is 1. The summed E-state index contributed by atoms with van der Waals surface area (Å²) in [6.07, 6.45) is 0.543. The molecule has 0 aliphatic heterocycles. The lowest BCUT2D eigenvalue weighted by atomic mass is 10.2. The van der Waals surface area contributed by atoms with Crippen molar-refractivity contribution in [1.29, 1.82) is 0 Å². The molecule has 1 atom stereocenters. The standard InChI is InChI=1S/C13H17ClFNO4S/c1-4-8(3)16(5-2)21(19,20)11-7-9(14)6-10(12(11)15)13(17)18/h6-8H,4-5H2,1-3H3,(H,17,18). The van der Waals surface area contributed by atoms with E-state index in [1.165, 1.54) is 0 Å². The number of carboxylic acids is 1. The van der Waals surface area contributed by atoms with Gasteiger partial charge in [0.1, 0.15) is 4.90 Å². The van der Waals surface area contributed by atoms with Crippen molar-refractivity contribution in [3.8, 4) is 0 Å². The minimum absolute atomic E-state index is 0.145. The minimum atomic E-state index is -4.16. The summed E-state index contributed by atoms with van der Waals surface area (Å²) < 4.78 is 40.4. The van der Waals surface area contributed by atoms with E-state index >= 15 is 0 Å². The van der Waals surface area contributed by atoms with Gasteiger partial charge in [-0.2, -0.15) is 4.31 Å². The van der Waals surface area contributed by atoms with Crippen LogP contribution in [0, 0.1) is 5.82 Å². The zero-order valence-corrected chi connectivity index (χ0v) is 13.5. The normalized spacial score (nSPS) is 13.4. The summed E-state index contributed by atoms with van der Waals surface area (Å²) in [6, 6.07) is 1.48. The van der Waals surface area contributed by atoms with Crippen molar-refractivity contribution in [2.75, 3.05) is 6.54 Å². The molecule has 118 valence electrons. The van der Waals surface area contributed by atoms with Gasteiger partial charge < -0.3 is 5.11 Å². The second-order valence-electron chi connectivity index (χ2n) is 4.54. The van der Waals surface area contributed by atoms with Crippen LogP contribution in [0.15, 0.2) is 17.0 Å². The SMILES string of the molecule is CCC(C)N(CC)S(=O)(=O)c1cc(Cl)cc(C(=O)O)c1F. The average Bonchev–Trinajstić information content (AvgIpc) is 2.40. The van der Waals surface area contributed by atoms with Crippen molar-refractivity contribution >= 4 is 27.6 Å². The second-order valence-corrected chi connectivity index (χ2v) is 6.83. The lowest BCUT2D eigenvalue weighted by Crippen LogP contribution is -2.38. The number of rotatable bonds is 6. The van der Waals surface area contributed by atoms with E-state index in [9.17, 15) is 17.6 Å². The molecule has 1 unspecified atom stereocenters. The van der Waals surface area contributed by atoms with Crippen LogP contribution < -0.4 is 0 Å². The number of aromatic carboxylic acids is 1. The van der Waals surface area contributed by atoms with Crippen molar-refractivity contribution in [2.45, 2.75) is 38.1 Å². The molecule has 21 heavy (non-hydrogen) atoms. The van der Waals surface area contributed by atoms with Gasteiger partial charge in [0.25, 0.3) is 0 Å². The Kier molecular flexibility index (Phi) is 5.72. The highest BCUT2D eigenvalue weighted by Crippen LogP contribution is 2.27. The molecule has 1 aromatic rings. The van der Waals surface area contributed by atoms with Crippen LogP contribution in [0.25, 0.3) is 0 Å². The summed E-state index contributed by atoms with van der Waals surface area (Å²) >= 11 is 5.72. The molecule has 1 rings (SSSR count). The smallest absolute Gasteiger partial charge is 0.338 e. The molecular weight excluding hydrogens is 321 g/mol. The van der Waals surface area contributed by atoms with E-state index in [1.807, 2.05) is 0 Å². The fourth-order valence-electron chi connectivity index (χ4n) is 1.96. The van der Waals surface area contributed by atoms with E-state index in [-0.39, 0.29) is 17.6 Å². The molecule has 0 saturated carbocycles. The van der Waals surface area contributed by atoms with Gasteiger partial charge in [-0.05, 0) is 25.5 Å². The van der Waals surface area contributed by atoms with Crippen molar-refractivity contribution in [2.24, 2.45) is 0 Å². The van der Waals surface area contributed by atoms with Gasteiger partial charge in [0.15, 0.2) is 5.82 Å². The second kappa shape index (κ2) is 6.72. The van der Waals surface area contributed by atoms with Crippen LogP contribution in [0.3, 0.4) is 0 Å². The van der Waals surface area contributed by atoms with E-state index in [2.05, 4.69) is 0 Å². The van der Waals surface area contributed by atoms with Gasteiger partial charge in [0, 0.05) is 17.6 Å². The highest BCUT2D eigenvalue weighted by molar-refractivity contribution is 7.89. The summed E-state index contributed by atoms with van der Waals surface area (Å²) in [5.41, 5.74) is -0.763. The Hall–Kier alpha value is -1.18. The molecule has 0 aromatic heterocycles. The van der Waals surface area contributed by atoms with Gasteiger partial charge in [-0.3, -0.25) is 0 Å². The summed E-state index contributed by atoms with van der Waals surface area (Å²) in [5, 5.41) is 8.78. The molecule has 0 saturated heterocycles. The van der Waals surface area contributed by atoms with E-state index in [0.29, 0.717) is 6.42 Å². The highest BCUT2D eigenvalue weighted by Gasteiger charge is 2.32. The van der Waals surface area contributed by atoms with Gasteiger partial charge in [0.2, 0.25) is 10.0 Å². The Morgan fingerprint density at radius 2 is 2.00 bits per heavy atom. The summed E-state index contributed by atoms with van der Waals surface area (Å²) in [4.78, 5) is 10.3. The molecule has 0 amide bonds. The average molecular weight is 338 g/mol. The van der Waals surface area contributed by atoms with E-state index in [1.54, 1.807) is 20.8 Å². The molecule has 0 heterocycles. The van der Waals surface area contributed by atoms with Gasteiger partial charge in [-0.1, -0.05) is 25.4 Å². The largest absolute Gasteiger partial charge is 0.478 e. The Morgan fingerprint density at radius 1 is 1.43 bits per heavy atom. The van der Waals surface area contributed by atoms with Crippen LogP contribution in [0.2, 0.25) is 5.02 Å². The molecule has 1 N–H and O–H groups in total. The first-order valence-corrected chi connectivity index (χ1v) is 8.22. The number of hydrogen-bond donors (Lipinski definition) is 1. The maximum atomic E-state index is 14.2. The Balaban J connectivity index is 3.55. The van der Waals surface area contributed by atoms with Crippen molar-refractivity contribution in [1.82, 2.24) is 4.31 Å². The Morgan fingerprint density at radius 3 is 2.43 bits per heavy atom. The van der Waals surface area contributed by atoms with Crippen molar-refractivity contribution in [3.05, 3.63) is 28.5 Å². The lowest BCUT2D eigenvalue weighted by Gasteiger charge is -2.26. The maximum Gasteiger partial charge on any atom is 0.338 e. The maximum absolute atomic E-state index is 14.2. The highest BCUT2D eigenvalue weighted by atomic mass is 35.5. The molecule has 8 heteroatoms. The van der Waals surface area contributed by atoms with Gasteiger partial charge in [-0.25, -0.2) is 17.6 Å². The molecule has 0 aliphatic rings. The Bertz CT molecular complexity index is 648. The quantitative estimate of drug-likeness (QED) is 0.866. The molecule has 0 bridgehead atoms. The monoisotopic (exact) mass is 337 g/mol. The van der Waals surface area contributed by atoms with E-state index in [0.717, 1.165) is 16.4 Å². The predicted molar refractivity (Wildman–Crippen MR) is 77.7 cm³/mol. The molecule has 5 nitrogen and oxygen atoms in total. The summed E-state index contributed by atoms with van der Waals surface area (Å²) in [7, 11) is -4.16. The zero-order valence-electron chi connectivity index (χ0n) is 11.9. The third kappa shape index (κ3) is 3.53. The van der Waals surface area contributed by atoms with E-state index < -0.39 is 32.3 Å². The lowest BCUT2D eigenvalue weighted by molar-refractivity contribution is 0.0691. The third-order valence-electron chi connectivity index (χ3n) is 3.22. The van der Waals surface area contributed by atoms with Crippen LogP contribution in [0.4, 0.5) is 4.39 Å².